The summed E-state index contributed by atoms with van der Waals surface area (Å²) in [6.07, 6.45) is 0. The standard InChI is InChI=1S/C4H8O5/c5-3(6)1-9-2-4(3,7)8/h5-8H,1-2H2. The summed E-state index contributed by atoms with van der Waals surface area (Å²) < 4.78 is 4.38. The van der Waals surface area contributed by atoms with E-state index < -0.39 is 24.8 Å². The molecule has 0 aromatic rings. The number of rotatable bonds is 0. The van der Waals surface area contributed by atoms with Crippen LogP contribution >= 0.6 is 0 Å². The topological polar surface area (TPSA) is 90.2 Å². The number of aliphatic hydroxyl groups is 4. The number of hydrogen-bond acceptors (Lipinski definition) is 5. The highest BCUT2D eigenvalue weighted by molar-refractivity contribution is 4.86. The minimum Gasteiger partial charge on any atom is -0.370 e. The first-order chi connectivity index (χ1) is 3.96. The Labute approximate surface area is 51.1 Å². The third-order valence-corrected chi connectivity index (χ3v) is 1.25. The zero-order valence-corrected chi connectivity index (χ0v) is 4.61. The predicted octanol–water partition coefficient (Wildman–Crippen LogP) is -2.62. The lowest BCUT2D eigenvalue weighted by Crippen LogP contribution is -2.53. The highest BCUT2D eigenvalue weighted by atomic mass is 16.7. The first-order valence-corrected chi connectivity index (χ1v) is 2.43. The van der Waals surface area contributed by atoms with Gasteiger partial charge in [0.05, 0.1) is 0 Å². The van der Waals surface area contributed by atoms with Gasteiger partial charge in [-0.05, 0) is 0 Å². The summed E-state index contributed by atoms with van der Waals surface area (Å²) >= 11 is 0. The van der Waals surface area contributed by atoms with Crippen LogP contribution in [0.5, 0.6) is 0 Å². The van der Waals surface area contributed by atoms with Crippen molar-refractivity contribution in [2.24, 2.45) is 0 Å². The van der Waals surface area contributed by atoms with Crippen molar-refractivity contribution in [3.8, 4) is 0 Å². The molecule has 0 aromatic heterocycles. The lowest BCUT2D eigenvalue weighted by Gasteiger charge is -2.24. The fourth-order valence-electron chi connectivity index (χ4n) is 0.567. The Hall–Kier alpha value is -0.200. The van der Waals surface area contributed by atoms with Crippen LogP contribution < -0.4 is 0 Å². The summed E-state index contributed by atoms with van der Waals surface area (Å²) in [5.74, 6) is -5.04. The fourth-order valence-corrected chi connectivity index (χ4v) is 0.567. The van der Waals surface area contributed by atoms with Gasteiger partial charge in [-0.1, -0.05) is 0 Å². The summed E-state index contributed by atoms with van der Waals surface area (Å²) in [5.41, 5.74) is 0. The van der Waals surface area contributed by atoms with E-state index >= 15 is 0 Å². The molecular weight excluding hydrogens is 128 g/mol. The minimum atomic E-state index is -2.52. The summed E-state index contributed by atoms with van der Waals surface area (Å²) in [7, 11) is 0. The molecule has 0 spiro atoms. The third kappa shape index (κ3) is 0.930. The normalized spacial score (nSPS) is 30.7. The highest BCUT2D eigenvalue weighted by Crippen LogP contribution is 2.23. The summed E-state index contributed by atoms with van der Waals surface area (Å²) in [6.45, 7) is -0.944. The molecule has 0 radical (unpaired) electrons. The van der Waals surface area contributed by atoms with Crippen molar-refractivity contribution < 1.29 is 25.2 Å². The fraction of sp³-hybridized carbons (Fsp3) is 1.00. The van der Waals surface area contributed by atoms with Crippen molar-refractivity contribution in [2.45, 2.75) is 11.6 Å². The van der Waals surface area contributed by atoms with E-state index in [9.17, 15) is 0 Å². The van der Waals surface area contributed by atoms with Crippen molar-refractivity contribution in [3.63, 3.8) is 0 Å². The molecule has 0 amide bonds. The Bertz CT molecular complexity index is 104. The molecule has 1 aliphatic heterocycles. The lowest BCUT2D eigenvalue weighted by molar-refractivity contribution is -0.328. The minimum absolute atomic E-state index is 0.472. The van der Waals surface area contributed by atoms with Gasteiger partial charge in [-0.2, -0.15) is 0 Å². The Kier molecular flexibility index (Phi) is 1.26. The van der Waals surface area contributed by atoms with Crippen LogP contribution in [0.25, 0.3) is 0 Å². The first kappa shape index (κ1) is 6.91. The second-order valence-corrected chi connectivity index (χ2v) is 2.13. The summed E-state index contributed by atoms with van der Waals surface area (Å²) in [6, 6.07) is 0. The Morgan fingerprint density at radius 1 is 0.889 bits per heavy atom. The molecule has 0 bridgehead atoms. The van der Waals surface area contributed by atoms with Crippen LogP contribution in [-0.2, 0) is 4.74 Å². The molecule has 5 nitrogen and oxygen atoms in total. The summed E-state index contributed by atoms with van der Waals surface area (Å²) in [4.78, 5) is 0. The van der Waals surface area contributed by atoms with Crippen LogP contribution in [0, 0.1) is 0 Å². The zero-order chi connectivity index (χ0) is 7.12. The second kappa shape index (κ2) is 1.65. The van der Waals surface area contributed by atoms with E-state index in [0.717, 1.165) is 0 Å². The van der Waals surface area contributed by atoms with Gasteiger partial charge in [0.25, 0.3) is 0 Å². The third-order valence-electron chi connectivity index (χ3n) is 1.25. The zero-order valence-electron chi connectivity index (χ0n) is 4.61. The average molecular weight is 136 g/mol. The quantitative estimate of drug-likeness (QED) is 0.274. The van der Waals surface area contributed by atoms with Crippen LogP contribution in [0.1, 0.15) is 0 Å². The number of ether oxygens (including phenoxy) is 1. The van der Waals surface area contributed by atoms with Crippen LogP contribution in [0.3, 0.4) is 0 Å². The molecule has 0 aromatic carbocycles. The molecule has 1 rings (SSSR count). The smallest absolute Gasteiger partial charge is 0.245 e. The lowest BCUT2D eigenvalue weighted by atomic mass is 10.1. The van der Waals surface area contributed by atoms with Gasteiger partial charge in [-0.15, -0.1) is 0 Å². The van der Waals surface area contributed by atoms with E-state index in [1.54, 1.807) is 0 Å². The van der Waals surface area contributed by atoms with Crippen LogP contribution in [0.2, 0.25) is 0 Å². The van der Waals surface area contributed by atoms with Gasteiger partial charge in [0.15, 0.2) is 0 Å². The second-order valence-electron chi connectivity index (χ2n) is 2.13. The molecule has 54 valence electrons. The van der Waals surface area contributed by atoms with E-state index in [4.69, 9.17) is 20.4 Å². The molecule has 5 heteroatoms. The van der Waals surface area contributed by atoms with Crippen LogP contribution in [0.15, 0.2) is 0 Å². The molecule has 1 aliphatic rings. The van der Waals surface area contributed by atoms with Gasteiger partial charge in [-0.25, -0.2) is 0 Å². The predicted molar refractivity (Wildman–Crippen MR) is 25.2 cm³/mol. The van der Waals surface area contributed by atoms with Gasteiger partial charge >= 0.3 is 0 Å². The van der Waals surface area contributed by atoms with Gasteiger partial charge < -0.3 is 25.2 Å². The van der Waals surface area contributed by atoms with Crippen LogP contribution in [-0.4, -0.2) is 45.2 Å². The first-order valence-electron chi connectivity index (χ1n) is 2.43. The molecule has 0 atom stereocenters. The van der Waals surface area contributed by atoms with E-state index in [2.05, 4.69) is 4.74 Å². The molecule has 0 unspecified atom stereocenters. The molecule has 1 fully saturated rings. The average Bonchev–Trinajstić information content (AvgIpc) is 1.81. The molecule has 0 saturated carbocycles. The van der Waals surface area contributed by atoms with E-state index in [-0.39, 0.29) is 0 Å². The Morgan fingerprint density at radius 2 is 1.22 bits per heavy atom. The SMILES string of the molecule is OC1(O)COCC1(O)O. The number of hydrogen-bond donors (Lipinski definition) is 4. The maximum Gasteiger partial charge on any atom is 0.245 e. The summed E-state index contributed by atoms with van der Waals surface area (Å²) in [5, 5.41) is 34.6. The molecule has 1 heterocycles. The van der Waals surface area contributed by atoms with Crippen LogP contribution in [0.4, 0.5) is 0 Å². The Morgan fingerprint density at radius 3 is 1.33 bits per heavy atom. The van der Waals surface area contributed by atoms with Gasteiger partial charge in [0.2, 0.25) is 11.6 Å². The largest absolute Gasteiger partial charge is 0.370 e. The molecule has 4 N–H and O–H groups in total. The van der Waals surface area contributed by atoms with Crippen molar-refractivity contribution in [2.75, 3.05) is 13.2 Å². The van der Waals surface area contributed by atoms with E-state index in [1.165, 1.54) is 0 Å². The molecule has 1 saturated heterocycles. The maximum atomic E-state index is 8.65. The van der Waals surface area contributed by atoms with E-state index in [1.807, 2.05) is 0 Å². The molecular formula is C4H8O5. The van der Waals surface area contributed by atoms with Gasteiger partial charge in [0, 0.05) is 0 Å². The van der Waals surface area contributed by atoms with Gasteiger partial charge in [0.1, 0.15) is 13.2 Å². The van der Waals surface area contributed by atoms with Crippen molar-refractivity contribution >= 4 is 0 Å². The highest BCUT2D eigenvalue weighted by Gasteiger charge is 2.52. The van der Waals surface area contributed by atoms with Crippen molar-refractivity contribution in [1.29, 1.82) is 0 Å². The maximum absolute atomic E-state index is 8.65. The molecule has 9 heavy (non-hydrogen) atoms. The molecule has 0 aliphatic carbocycles. The monoisotopic (exact) mass is 136 g/mol. The van der Waals surface area contributed by atoms with Gasteiger partial charge in [-0.3, -0.25) is 0 Å². The Balaban J connectivity index is 2.75. The van der Waals surface area contributed by atoms with Crippen molar-refractivity contribution in [1.82, 2.24) is 0 Å². The van der Waals surface area contributed by atoms with Crippen molar-refractivity contribution in [3.05, 3.63) is 0 Å². The van der Waals surface area contributed by atoms with E-state index in [0.29, 0.717) is 0 Å².